The topological polar surface area (TPSA) is 116 Å². The molecular formula is C24H27N5O3S. The third-order valence-electron chi connectivity index (χ3n) is 7.06. The number of pyridine rings is 1. The van der Waals surface area contributed by atoms with Crippen LogP contribution in [-0.2, 0) is 11.2 Å². The van der Waals surface area contributed by atoms with Crippen LogP contribution in [-0.4, -0.2) is 54.9 Å². The highest BCUT2D eigenvalue weighted by Gasteiger charge is 2.50. The SMILES string of the molecule is Cc1ccc2c(N)c(C(=O)N[C@H]3COc4cc(N5C[C@@H](N)[C@@]6(CCO6)C5)ccc4C3)sc2n1. The predicted molar refractivity (Wildman–Crippen MR) is 129 cm³/mol. The molecule has 172 valence electrons. The highest BCUT2D eigenvalue weighted by molar-refractivity contribution is 7.21. The van der Waals surface area contributed by atoms with E-state index in [-0.39, 0.29) is 23.6 Å². The number of nitrogen functional groups attached to an aromatic ring is 1. The fraction of sp³-hybridized carbons (Fsp3) is 0.417. The first-order valence-corrected chi connectivity index (χ1v) is 12.1. The van der Waals surface area contributed by atoms with Crippen molar-refractivity contribution in [1.29, 1.82) is 0 Å². The average molecular weight is 466 g/mol. The molecule has 5 heterocycles. The standard InChI is InChI=1S/C24H27N5O3S/c1-13-2-5-17-20(26)21(33-23(17)27-13)22(30)28-15-8-14-3-4-16(9-18(14)31-11-15)29-10-19(25)24(12-29)6-7-32-24/h2-5,9,15,19H,6-8,10-12,25-26H2,1H3,(H,28,30)/t15-,19-,24-/m1/s1. The second kappa shape index (κ2) is 7.58. The van der Waals surface area contributed by atoms with E-state index >= 15 is 0 Å². The van der Waals surface area contributed by atoms with E-state index in [0.717, 1.165) is 59.0 Å². The van der Waals surface area contributed by atoms with E-state index in [4.69, 9.17) is 20.9 Å². The smallest absolute Gasteiger partial charge is 0.263 e. The van der Waals surface area contributed by atoms with Gasteiger partial charge in [0.2, 0.25) is 0 Å². The third-order valence-corrected chi connectivity index (χ3v) is 8.18. The minimum Gasteiger partial charge on any atom is -0.491 e. The van der Waals surface area contributed by atoms with Gasteiger partial charge >= 0.3 is 0 Å². The zero-order valence-corrected chi connectivity index (χ0v) is 19.3. The van der Waals surface area contributed by atoms with Gasteiger partial charge in [-0.2, -0.15) is 0 Å². The Balaban J connectivity index is 1.15. The molecule has 0 saturated carbocycles. The summed E-state index contributed by atoms with van der Waals surface area (Å²) >= 11 is 1.33. The summed E-state index contributed by atoms with van der Waals surface area (Å²) in [6.45, 7) is 4.73. The second-order valence-electron chi connectivity index (χ2n) is 9.28. The Hall–Kier alpha value is -2.88. The molecular weight excluding hydrogens is 438 g/mol. The van der Waals surface area contributed by atoms with Crippen LogP contribution in [0.15, 0.2) is 30.3 Å². The highest BCUT2D eigenvalue weighted by Crippen LogP contribution is 2.39. The van der Waals surface area contributed by atoms with Crippen LogP contribution in [0.3, 0.4) is 0 Å². The van der Waals surface area contributed by atoms with Gasteiger partial charge in [-0.3, -0.25) is 4.79 Å². The number of ether oxygens (including phenoxy) is 2. The average Bonchev–Trinajstić information content (AvgIpc) is 3.30. The summed E-state index contributed by atoms with van der Waals surface area (Å²) in [5.74, 6) is 0.682. The first-order valence-electron chi connectivity index (χ1n) is 11.3. The van der Waals surface area contributed by atoms with Crippen LogP contribution in [0.25, 0.3) is 10.2 Å². The quantitative estimate of drug-likeness (QED) is 0.543. The zero-order valence-electron chi connectivity index (χ0n) is 18.5. The molecule has 2 fully saturated rings. The number of anilines is 2. The minimum absolute atomic E-state index is 0.0308. The van der Waals surface area contributed by atoms with Gasteiger partial charge in [0, 0.05) is 42.3 Å². The molecule has 5 N–H and O–H groups in total. The van der Waals surface area contributed by atoms with Crippen molar-refractivity contribution < 1.29 is 14.3 Å². The van der Waals surface area contributed by atoms with E-state index in [1.807, 2.05) is 19.1 Å². The van der Waals surface area contributed by atoms with Crippen molar-refractivity contribution in [3.8, 4) is 5.75 Å². The maximum absolute atomic E-state index is 13.0. The number of rotatable bonds is 3. The van der Waals surface area contributed by atoms with Gasteiger partial charge in [0.25, 0.3) is 5.91 Å². The Labute approximate surface area is 195 Å². The molecule has 8 nitrogen and oxygen atoms in total. The maximum Gasteiger partial charge on any atom is 0.263 e. The summed E-state index contributed by atoms with van der Waals surface area (Å²) in [7, 11) is 0. The van der Waals surface area contributed by atoms with Crippen LogP contribution in [0.4, 0.5) is 11.4 Å². The lowest BCUT2D eigenvalue weighted by Crippen LogP contribution is -2.56. The molecule has 33 heavy (non-hydrogen) atoms. The van der Waals surface area contributed by atoms with Crippen molar-refractivity contribution >= 4 is 38.8 Å². The number of carbonyl (C=O) groups is 1. The van der Waals surface area contributed by atoms with Crippen molar-refractivity contribution in [2.24, 2.45) is 5.73 Å². The van der Waals surface area contributed by atoms with E-state index in [9.17, 15) is 4.79 Å². The fourth-order valence-corrected chi connectivity index (χ4v) is 6.09. The summed E-state index contributed by atoms with van der Waals surface area (Å²) in [6, 6.07) is 10.0. The number of amides is 1. The number of aryl methyl sites for hydroxylation is 1. The van der Waals surface area contributed by atoms with Crippen LogP contribution in [0.2, 0.25) is 0 Å². The minimum atomic E-state index is -0.186. The van der Waals surface area contributed by atoms with E-state index < -0.39 is 0 Å². The Kier molecular flexibility index (Phi) is 4.76. The van der Waals surface area contributed by atoms with Crippen LogP contribution in [0.1, 0.15) is 27.3 Å². The molecule has 1 amide bonds. The lowest BCUT2D eigenvalue weighted by molar-refractivity contribution is -0.139. The first-order chi connectivity index (χ1) is 15.9. The number of nitrogens with two attached hydrogens (primary N) is 2. The third kappa shape index (κ3) is 3.42. The van der Waals surface area contributed by atoms with Crippen LogP contribution in [0, 0.1) is 6.92 Å². The Morgan fingerprint density at radius 3 is 2.94 bits per heavy atom. The van der Waals surface area contributed by atoms with Crippen LogP contribution >= 0.6 is 11.3 Å². The number of aromatic nitrogens is 1. The van der Waals surface area contributed by atoms with Gasteiger partial charge in [0.15, 0.2) is 0 Å². The Morgan fingerprint density at radius 2 is 2.18 bits per heavy atom. The van der Waals surface area contributed by atoms with Gasteiger partial charge < -0.3 is 31.2 Å². The number of thiophene rings is 1. The number of nitrogens with zero attached hydrogens (tertiary/aromatic N) is 2. The number of carbonyl (C=O) groups excluding carboxylic acids is 1. The van der Waals surface area contributed by atoms with E-state index in [1.165, 1.54) is 11.3 Å². The summed E-state index contributed by atoms with van der Waals surface area (Å²) < 4.78 is 11.9. The van der Waals surface area contributed by atoms with Crippen molar-refractivity contribution in [2.45, 2.75) is 37.5 Å². The van der Waals surface area contributed by atoms with Crippen molar-refractivity contribution in [1.82, 2.24) is 10.3 Å². The summed E-state index contributed by atoms with van der Waals surface area (Å²) in [4.78, 5) is 21.0. The molecule has 1 aromatic carbocycles. The lowest BCUT2D eigenvalue weighted by Gasteiger charge is -2.41. The summed E-state index contributed by atoms with van der Waals surface area (Å²) in [5, 5.41) is 3.91. The molecule has 9 heteroatoms. The molecule has 0 unspecified atom stereocenters. The largest absolute Gasteiger partial charge is 0.491 e. The molecule has 1 spiro atoms. The van der Waals surface area contributed by atoms with Gasteiger partial charge in [-0.15, -0.1) is 11.3 Å². The fourth-order valence-electron chi connectivity index (χ4n) is 5.05. The molecule has 2 aromatic heterocycles. The number of nitrogens with one attached hydrogen (secondary N) is 1. The summed E-state index contributed by atoms with van der Waals surface area (Å²) in [6.07, 6.45) is 1.73. The normalized spacial score (nSPS) is 26.2. The molecule has 2 saturated heterocycles. The van der Waals surface area contributed by atoms with Crippen molar-refractivity contribution in [3.05, 3.63) is 46.5 Å². The van der Waals surface area contributed by atoms with Gasteiger partial charge in [0.05, 0.1) is 24.4 Å². The molecule has 3 atom stereocenters. The molecule has 3 aromatic rings. The van der Waals surface area contributed by atoms with E-state index in [1.54, 1.807) is 0 Å². The van der Waals surface area contributed by atoms with Gasteiger partial charge in [-0.1, -0.05) is 6.07 Å². The monoisotopic (exact) mass is 465 g/mol. The Morgan fingerprint density at radius 1 is 1.33 bits per heavy atom. The second-order valence-corrected chi connectivity index (χ2v) is 10.3. The molecule has 3 aliphatic rings. The number of benzene rings is 1. The highest BCUT2D eigenvalue weighted by atomic mass is 32.1. The predicted octanol–water partition coefficient (Wildman–Crippen LogP) is 2.23. The van der Waals surface area contributed by atoms with Gasteiger partial charge in [-0.25, -0.2) is 4.98 Å². The van der Waals surface area contributed by atoms with Gasteiger partial charge in [-0.05, 0) is 37.1 Å². The van der Waals surface area contributed by atoms with E-state index in [0.29, 0.717) is 23.6 Å². The number of hydrogen-bond acceptors (Lipinski definition) is 8. The zero-order chi connectivity index (χ0) is 22.7. The maximum atomic E-state index is 13.0. The molecule has 0 aliphatic carbocycles. The molecule has 0 bridgehead atoms. The first kappa shape index (κ1) is 20.7. The van der Waals surface area contributed by atoms with Gasteiger partial charge in [0.1, 0.15) is 27.7 Å². The van der Waals surface area contributed by atoms with Crippen molar-refractivity contribution in [2.75, 3.05) is 36.9 Å². The molecule has 6 rings (SSSR count). The van der Waals surface area contributed by atoms with E-state index in [2.05, 4.69) is 33.4 Å². The molecule has 0 radical (unpaired) electrons. The number of hydrogen-bond donors (Lipinski definition) is 3. The number of fused-ring (bicyclic) bond motifs is 2. The van der Waals surface area contributed by atoms with Crippen molar-refractivity contribution in [3.63, 3.8) is 0 Å². The molecule has 3 aliphatic heterocycles. The van der Waals surface area contributed by atoms with Crippen LogP contribution < -0.4 is 26.4 Å². The van der Waals surface area contributed by atoms with Crippen LogP contribution in [0.5, 0.6) is 5.75 Å². The Bertz CT molecular complexity index is 1250. The summed E-state index contributed by atoms with van der Waals surface area (Å²) in [5.41, 5.74) is 16.0. The lowest BCUT2D eigenvalue weighted by atomic mass is 9.90.